The van der Waals surface area contributed by atoms with E-state index in [0.29, 0.717) is 26.7 Å². The van der Waals surface area contributed by atoms with Crippen LogP contribution in [0.1, 0.15) is 26.5 Å². The molecule has 31 heavy (non-hydrogen) atoms. The fourth-order valence-electron chi connectivity index (χ4n) is 2.70. The Morgan fingerprint density at radius 3 is 2.45 bits per heavy atom. The number of amides is 1. The van der Waals surface area contributed by atoms with Crippen molar-refractivity contribution in [2.24, 2.45) is 5.14 Å². The van der Waals surface area contributed by atoms with Crippen LogP contribution in [0.5, 0.6) is 0 Å². The van der Waals surface area contributed by atoms with Gasteiger partial charge in [0.1, 0.15) is 9.88 Å². The van der Waals surface area contributed by atoms with Gasteiger partial charge in [-0.2, -0.15) is 21.6 Å². The standard InChI is InChI=1S/C19H17F3N4O3S2/c1-11-16(30-18(25-11)13-5-7-14(8-6-13)19(20,21)22)17(27)24-10-12-3-2-4-15(9-12)26-31(23,28)29/h2-9,26H,10H2,1H3,(H,24,27)(H2,23,28,29). The zero-order valence-corrected chi connectivity index (χ0v) is 17.7. The number of hydrogen-bond acceptors (Lipinski definition) is 5. The molecule has 0 unspecified atom stereocenters. The summed E-state index contributed by atoms with van der Waals surface area (Å²) in [6.07, 6.45) is -4.43. The number of benzene rings is 2. The average Bonchev–Trinajstić information content (AvgIpc) is 3.06. The smallest absolute Gasteiger partial charge is 0.347 e. The number of halogens is 3. The van der Waals surface area contributed by atoms with E-state index in [9.17, 15) is 26.4 Å². The predicted octanol–water partition coefficient (Wildman–Crippen LogP) is 3.68. The molecule has 0 atom stereocenters. The van der Waals surface area contributed by atoms with Crippen LogP contribution in [-0.4, -0.2) is 19.3 Å². The Morgan fingerprint density at radius 2 is 1.84 bits per heavy atom. The van der Waals surface area contributed by atoms with E-state index < -0.39 is 27.9 Å². The molecule has 2 aromatic carbocycles. The number of carbonyl (C=O) groups is 1. The van der Waals surface area contributed by atoms with Gasteiger partial charge in [0.05, 0.1) is 16.9 Å². The summed E-state index contributed by atoms with van der Waals surface area (Å²) in [5.74, 6) is -0.405. The highest BCUT2D eigenvalue weighted by atomic mass is 32.2. The second kappa shape index (κ2) is 8.65. The number of anilines is 1. The number of aryl methyl sites for hydroxylation is 1. The van der Waals surface area contributed by atoms with Crippen molar-refractivity contribution >= 4 is 33.1 Å². The average molecular weight is 470 g/mol. The summed E-state index contributed by atoms with van der Waals surface area (Å²) in [7, 11) is -3.91. The van der Waals surface area contributed by atoms with Crippen LogP contribution >= 0.6 is 11.3 Å². The van der Waals surface area contributed by atoms with Crippen molar-refractivity contribution in [1.29, 1.82) is 0 Å². The first kappa shape index (κ1) is 22.7. The molecule has 0 fully saturated rings. The molecule has 12 heteroatoms. The number of thiazole rings is 1. The molecule has 1 aromatic heterocycles. The van der Waals surface area contributed by atoms with Crippen molar-refractivity contribution < 1.29 is 26.4 Å². The van der Waals surface area contributed by atoms with Gasteiger partial charge in [0.2, 0.25) is 0 Å². The van der Waals surface area contributed by atoms with E-state index in [1.54, 1.807) is 19.1 Å². The number of nitrogens with one attached hydrogen (secondary N) is 2. The molecule has 0 spiro atoms. The molecule has 3 aromatic rings. The van der Waals surface area contributed by atoms with Crippen molar-refractivity contribution in [2.45, 2.75) is 19.6 Å². The van der Waals surface area contributed by atoms with Gasteiger partial charge < -0.3 is 5.32 Å². The first-order valence-electron chi connectivity index (χ1n) is 8.75. The lowest BCUT2D eigenvalue weighted by molar-refractivity contribution is -0.137. The second-order valence-corrected chi connectivity index (χ2v) is 8.83. The van der Waals surface area contributed by atoms with Gasteiger partial charge in [-0.15, -0.1) is 11.3 Å². The van der Waals surface area contributed by atoms with E-state index in [0.717, 1.165) is 23.5 Å². The van der Waals surface area contributed by atoms with Crippen LogP contribution in [0.2, 0.25) is 0 Å². The van der Waals surface area contributed by atoms with Gasteiger partial charge in [-0.3, -0.25) is 9.52 Å². The minimum atomic E-state index is -4.43. The van der Waals surface area contributed by atoms with Gasteiger partial charge in [-0.05, 0) is 36.8 Å². The molecule has 0 radical (unpaired) electrons. The summed E-state index contributed by atoms with van der Waals surface area (Å²) >= 11 is 1.07. The molecule has 0 bridgehead atoms. The number of nitrogens with zero attached hydrogens (tertiary/aromatic N) is 1. The molecular formula is C19H17F3N4O3S2. The van der Waals surface area contributed by atoms with Crippen molar-refractivity contribution in [3.8, 4) is 10.6 Å². The van der Waals surface area contributed by atoms with E-state index in [4.69, 9.17) is 5.14 Å². The van der Waals surface area contributed by atoms with Gasteiger partial charge in [-0.25, -0.2) is 10.1 Å². The van der Waals surface area contributed by atoms with Crippen molar-refractivity contribution in [1.82, 2.24) is 10.3 Å². The van der Waals surface area contributed by atoms with E-state index in [-0.39, 0.29) is 12.2 Å². The molecule has 0 aliphatic carbocycles. The zero-order valence-electron chi connectivity index (χ0n) is 16.0. The van der Waals surface area contributed by atoms with Gasteiger partial charge in [0, 0.05) is 12.1 Å². The Labute approximate surface area is 180 Å². The Bertz CT molecular complexity index is 1210. The topological polar surface area (TPSA) is 114 Å². The van der Waals surface area contributed by atoms with Crippen molar-refractivity contribution in [2.75, 3.05) is 4.72 Å². The van der Waals surface area contributed by atoms with E-state index >= 15 is 0 Å². The summed E-state index contributed by atoms with van der Waals surface area (Å²) in [6, 6.07) is 10.9. The number of alkyl halides is 3. The third kappa shape index (κ3) is 6.03. The minimum Gasteiger partial charge on any atom is -0.347 e. The minimum absolute atomic E-state index is 0.117. The number of rotatable bonds is 6. The molecule has 7 nitrogen and oxygen atoms in total. The number of aromatic nitrogens is 1. The number of carbonyl (C=O) groups excluding carboxylic acids is 1. The van der Waals surface area contributed by atoms with Crippen LogP contribution in [-0.2, 0) is 22.9 Å². The molecule has 4 N–H and O–H groups in total. The maximum Gasteiger partial charge on any atom is 0.416 e. The van der Waals surface area contributed by atoms with Gasteiger partial charge in [0.25, 0.3) is 16.1 Å². The molecule has 1 amide bonds. The molecule has 164 valence electrons. The van der Waals surface area contributed by atoms with Gasteiger partial charge >= 0.3 is 6.18 Å². The Balaban J connectivity index is 1.71. The fourth-order valence-corrected chi connectivity index (χ4v) is 4.15. The summed E-state index contributed by atoms with van der Waals surface area (Å²) in [5.41, 5.74) is 1.05. The van der Waals surface area contributed by atoms with E-state index in [1.165, 1.54) is 24.3 Å². The number of nitrogens with two attached hydrogens (primary N) is 1. The Kier molecular flexibility index (Phi) is 6.34. The quantitative estimate of drug-likeness (QED) is 0.510. The third-order valence-corrected chi connectivity index (χ3v) is 5.83. The maximum atomic E-state index is 12.7. The predicted molar refractivity (Wildman–Crippen MR) is 112 cm³/mol. The fraction of sp³-hybridized carbons (Fsp3) is 0.158. The van der Waals surface area contributed by atoms with E-state index in [1.807, 2.05) is 0 Å². The molecule has 0 aliphatic heterocycles. The van der Waals surface area contributed by atoms with Gasteiger partial charge in [0.15, 0.2) is 0 Å². The van der Waals surface area contributed by atoms with Crippen molar-refractivity contribution in [3.05, 3.63) is 70.2 Å². The summed E-state index contributed by atoms with van der Waals surface area (Å²) < 4.78 is 62.6. The second-order valence-electron chi connectivity index (χ2n) is 6.54. The Morgan fingerprint density at radius 1 is 1.16 bits per heavy atom. The third-order valence-electron chi connectivity index (χ3n) is 4.10. The highest BCUT2D eigenvalue weighted by molar-refractivity contribution is 7.90. The maximum absolute atomic E-state index is 12.7. The molecule has 3 rings (SSSR count). The summed E-state index contributed by atoms with van der Waals surface area (Å²) in [5, 5.41) is 8.08. The van der Waals surface area contributed by atoms with Crippen LogP contribution in [0.25, 0.3) is 10.6 Å². The highest BCUT2D eigenvalue weighted by Crippen LogP contribution is 2.33. The van der Waals surface area contributed by atoms with E-state index in [2.05, 4.69) is 15.0 Å². The SMILES string of the molecule is Cc1nc(-c2ccc(C(F)(F)F)cc2)sc1C(=O)NCc1cccc(NS(N)(=O)=O)c1. The lowest BCUT2D eigenvalue weighted by Crippen LogP contribution is -2.23. The molecule has 0 saturated heterocycles. The summed E-state index contributed by atoms with van der Waals surface area (Å²) in [4.78, 5) is 17.2. The monoisotopic (exact) mass is 470 g/mol. The van der Waals surface area contributed by atoms with Crippen LogP contribution in [0.4, 0.5) is 18.9 Å². The molecule has 1 heterocycles. The van der Waals surface area contributed by atoms with Crippen LogP contribution in [0.3, 0.4) is 0 Å². The lowest BCUT2D eigenvalue weighted by atomic mass is 10.1. The molecular weight excluding hydrogens is 453 g/mol. The normalized spacial score (nSPS) is 11.9. The summed E-state index contributed by atoms with van der Waals surface area (Å²) in [6.45, 7) is 1.75. The zero-order chi connectivity index (χ0) is 22.8. The largest absolute Gasteiger partial charge is 0.416 e. The lowest BCUT2D eigenvalue weighted by Gasteiger charge is -2.08. The Hall–Kier alpha value is -2.96. The van der Waals surface area contributed by atoms with Crippen LogP contribution < -0.4 is 15.2 Å². The first-order chi connectivity index (χ1) is 14.4. The molecule has 0 aliphatic rings. The number of hydrogen-bond donors (Lipinski definition) is 3. The first-order valence-corrected chi connectivity index (χ1v) is 11.1. The highest BCUT2D eigenvalue weighted by Gasteiger charge is 2.30. The van der Waals surface area contributed by atoms with Gasteiger partial charge in [-0.1, -0.05) is 24.3 Å². The van der Waals surface area contributed by atoms with Crippen molar-refractivity contribution in [3.63, 3.8) is 0 Å². The van der Waals surface area contributed by atoms with Crippen LogP contribution in [0.15, 0.2) is 48.5 Å². The molecule has 0 saturated carbocycles. The van der Waals surface area contributed by atoms with Crippen LogP contribution in [0, 0.1) is 6.92 Å².